The van der Waals surface area contributed by atoms with E-state index in [1.807, 2.05) is 30.3 Å². The molecule has 19 heavy (non-hydrogen) atoms. The summed E-state index contributed by atoms with van der Waals surface area (Å²) in [5, 5.41) is 12.1. The maximum Gasteiger partial charge on any atom is 0.408 e. The zero-order valence-corrected chi connectivity index (χ0v) is 10.7. The Morgan fingerprint density at radius 1 is 1.32 bits per heavy atom. The highest BCUT2D eigenvalue weighted by Crippen LogP contribution is 2.16. The maximum absolute atomic E-state index is 11.9. The number of nitrogens with one attached hydrogen (secondary N) is 1. The van der Waals surface area contributed by atoms with E-state index in [-0.39, 0.29) is 12.5 Å². The van der Waals surface area contributed by atoms with Crippen molar-refractivity contribution in [1.29, 1.82) is 0 Å². The number of carbonyl (C=O) groups excluding carboxylic acids is 1. The minimum atomic E-state index is -1.05. The average Bonchev–Trinajstić information content (AvgIpc) is 2.62. The summed E-state index contributed by atoms with van der Waals surface area (Å²) in [6, 6.07) is 8.76. The second kappa shape index (κ2) is 6.22. The van der Waals surface area contributed by atoms with Gasteiger partial charge in [-0.15, -0.1) is 0 Å². The lowest BCUT2D eigenvalue weighted by molar-refractivity contribution is -0.125. The summed E-state index contributed by atoms with van der Waals surface area (Å²) in [5.41, 5.74) is 0.891. The second-order valence-corrected chi connectivity index (χ2v) is 4.70. The fourth-order valence-electron chi connectivity index (χ4n) is 2.31. The van der Waals surface area contributed by atoms with Gasteiger partial charge in [0.05, 0.1) is 0 Å². The van der Waals surface area contributed by atoms with Crippen LogP contribution in [-0.4, -0.2) is 34.6 Å². The molecule has 1 aliphatic heterocycles. The van der Waals surface area contributed by atoms with Crippen molar-refractivity contribution in [3.05, 3.63) is 35.9 Å². The van der Waals surface area contributed by atoms with Crippen LogP contribution in [0.5, 0.6) is 0 Å². The van der Waals surface area contributed by atoms with Gasteiger partial charge in [-0.2, -0.15) is 0 Å². The SMILES string of the molecule is O=C1NCCCCC1N(Cc1ccccc1)C(=O)O. The normalized spacial score (nSPS) is 19.4. The van der Waals surface area contributed by atoms with Gasteiger partial charge < -0.3 is 10.4 Å². The molecule has 0 spiro atoms. The van der Waals surface area contributed by atoms with Crippen LogP contribution in [0.15, 0.2) is 30.3 Å². The molecule has 2 rings (SSSR count). The average molecular weight is 262 g/mol. The largest absolute Gasteiger partial charge is 0.465 e. The van der Waals surface area contributed by atoms with Crippen LogP contribution in [0.4, 0.5) is 4.79 Å². The van der Waals surface area contributed by atoms with Crippen LogP contribution < -0.4 is 5.32 Å². The first-order chi connectivity index (χ1) is 9.18. The monoisotopic (exact) mass is 262 g/mol. The van der Waals surface area contributed by atoms with Gasteiger partial charge in [0, 0.05) is 13.1 Å². The predicted octanol–water partition coefficient (Wildman–Crippen LogP) is 1.84. The van der Waals surface area contributed by atoms with E-state index in [1.165, 1.54) is 4.90 Å². The van der Waals surface area contributed by atoms with Gasteiger partial charge in [0.1, 0.15) is 6.04 Å². The number of benzene rings is 1. The molecule has 0 saturated carbocycles. The standard InChI is InChI=1S/C14H18N2O3/c17-13-12(8-4-5-9-15-13)16(14(18)19)10-11-6-2-1-3-7-11/h1-3,6-7,12H,4-5,8-10H2,(H,15,17)(H,18,19). The third-order valence-corrected chi connectivity index (χ3v) is 3.32. The number of hydrogen-bond donors (Lipinski definition) is 2. The highest BCUT2D eigenvalue weighted by Gasteiger charge is 2.30. The third kappa shape index (κ3) is 3.47. The lowest BCUT2D eigenvalue weighted by Crippen LogP contribution is -2.47. The smallest absolute Gasteiger partial charge is 0.408 e. The molecule has 5 nitrogen and oxygen atoms in total. The maximum atomic E-state index is 11.9. The summed E-state index contributed by atoms with van der Waals surface area (Å²) in [5.74, 6) is -0.184. The van der Waals surface area contributed by atoms with Crippen LogP contribution in [0.25, 0.3) is 0 Å². The molecule has 1 aromatic rings. The summed E-state index contributed by atoms with van der Waals surface area (Å²) in [6.45, 7) is 0.877. The van der Waals surface area contributed by atoms with Crippen molar-refractivity contribution >= 4 is 12.0 Å². The number of carboxylic acid groups (broad SMARTS) is 1. The van der Waals surface area contributed by atoms with Crippen LogP contribution >= 0.6 is 0 Å². The molecule has 1 unspecified atom stereocenters. The van der Waals surface area contributed by atoms with Gasteiger partial charge in [-0.05, 0) is 24.8 Å². The van der Waals surface area contributed by atoms with Crippen molar-refractivity contribution in [2.75, 3.05) is 6.54 Å². The van der Waals surface area contributed by atoms with Crippen molar-refractivity contribution in [3.8, 4) is 0 Å². The molecule has 2 N–H and O–H groups in total. The molecule has 2 amide bonds. The minimum absolute atomic E-state index is 0.184. The lowest BCUT2D eigenvalue weighted by Gasteiger charge is -2.27. The zero-order valence-electron chi connectivity index (χ0n) is 10.7. The van der Waals surface area contributed by atoms with E-state index in [0.717, 1.165) is 18.4 Å². The molecule has 1 atom stereocenters. The molecule has 0 bridgehead atoms. The topological polar surface area (TPSA) is 69.6 Å². The highest BCUT2D eigenvalue weighted by atomic mass is 16.4. The Bertz CT molecular complexity index is 447. The van der Waals surface area contributed by atoms with Gasteiger partial charge in [0.25, 0.3) is 0 Å². The molecular formula is C14H18N2O3. The number of hydrogen-bond acceptors (Lipinski definition) is 2. The molecule has 5 heteroatoms. The lowest BCUT2D eigenvalue weighted by atomic mass is 10.1. The second-order valence-electron chi connectivity index (χ2n) is 4.70. The van der Waals surface area contributed by atoms with Gasteiger partial charge in [-0.1, -0.05) is 30.3 Å². The summed E-state index contributed by atoms with van der Waals surface area (Å²) in [4.78, 5) is 24.6. The molecule has 102 valence electrons. The van der Waals surface area contributed by atoms with Crippen molar-refractivity contribution in [3.63, 3.8) is 0 Å². The third-order valence-electron chi connectivity index (χ3n) is 3.32. The van der Waals surface area contributed by atoms with Crippen LogP contribution in [-0.2, 0) is 11.3 Å². The van der Waals surface area contributed by atoms with E-state index < -0.39 is 12.1 Å². The Balaban J connectivity index is 2.15. The fourth-order valence-corrected chi connectivity index (χ4v) is 2.31. The molecule has 1 fully saturated rings. The Morgan fingerprint density at radius 3 is 2.74 bits per heavy atom. The van der Waals surface area contributed by atoms with E-state index in [1.54, 1.807) is 0 Å². The molecular weight excluding hydrogens is 244 g/mol. The Kier molecular flexibility index (Phi) is 4.39. The first-order valence-corrected chi connectivity index (χ1v) is 6.49. The molecule has 0 aromatic heterocycles. The molecule has 1 aliphatic rings. The van der Waals surface area contributed by atoms with Crippen molar-refractivity contribution in [2.24, 2.45) is 0 Å². The van der Waals surface area contributed by atoms with E-state index in [4.69, 9.17) is 0 Å². The van der Waals surface area contributed by atoms with Gasteiger partial charge >= 0.3 is 6.09 Å². The Hall–Kier alpha value is -2.04. The van der Waals surface area contributed by atoms with E-state index >= 15 is 0 Å². The van der Waals surface area contributed by atoms with Crippen LogP contribution in [0.2, 0.25) is 0 Å². The number of nitrogens with zero attached hydrogens (tertiary/aromatic N) is 1. The number of rotatable bonds is 3. The first-order valence-electron chi connectivity index (χ1n) is 6.49. The summed E-state index contributed by atoms with van der Waals surface area (Å²) in [6.07, 6.45) is 1.31. The predicted molar refractivity (Wildman–Crippen MR) is 70.7 cm³/mol. The number of amides is 2. The molecule has 0 radical (unpaired) electrons. The van der Waals surface area contributed by atoms with Crippen molar-refractivity contribution < 1.29 is 14.7 Å². The first kappa shape index (κ1) is 13.4. The highest BCUT2D eigenvalue weighted by molar-refractivity contribution is 5.85. The summed E-state index contributed by atoms with van der Waals surface area (Å²) in [7, 11) is 0. The number of carbonyl (C=O) groups is 2. The molecule has 0 aliphatic carbocycles. The van der Waals surface area contributed by atoms with Crippen LogP contribution in [0, 0.1) is 0 Å². The van der Waals surface area contributed by atoms with Crippen molar-refractivity contribution in [1.82, 2.24) is 10.2 Å². The van der Waals surface area contributed by atoms with Gasteiger partial charge in [0.15, 0.2) is 0 Å². The Labute approximate surface area is 112 Å². The minimum Gasteiger partial charge on any atom is -0.465 e. The summed E-state index contributed by atoms with van der Waals surface area (Å²) < 4.78 is 0. The van der Waals surface area contributed by atoms with Crippen LogP contribution in [0.3, 0.4) is 0 Å². The van der Waals surface area contributed by atoms with Crippen molar-refractivity contribution in [2.45, 2.75) is 31.8 Å². The van der Waals surface area contributed by atoms with E-state index in [2.05, 4.69) is 5.32 Å². The molecule has 1 aromatic carbocycles. The Morgan fingerprint density at radius 2 is 2.05 bits per heavy atom. The quantitative estimate of drug-likeness (QED) is 0.873. The van der Waals surface area contributed by atoms with E-state index in [9.17, 15) is 14.7 Å². The van der Waals surface area contributed by atoms with Gasteiger partial charge in [-0.3, -0.25) is 9.69 Å². The van der Waals surface area contributed by atoms with Gasteiger partial charge in [0.2, 0.25) is 5.91 Å². The van der Waals surface area contributed by atoms with Gasteiger partial charge in [-0.25, -0.2) is 4.79 Å². The fraction of sp³-hybridized carbons (Fsp3) is 0.429. The zero-order chi connectivity index (χ0) is 13.7. The summed E-state index contributed by atoms with van der Waals surface area (Å²) >= 11 is 0. The van der Waals surface area contributed by atoms with E-state index in [0.29, 0.717) is 13.0 Å². The molecule has 1 heterocycles. The molecule has 1 saturated heterocycles. The van der Waals surface area contributed by atoms with Crippen LogP contribution in [0.1, 0.15) is 24.8 Å².